The van der Waals surface area contributed by atoms with Gasteiger partial charge in [-0.2, -0.15) is 0 Å². The molecule has 0 saturated heterocycles. The first-order valence-electron chi connectivity index (χ1n) is 39.3. The Morgan fingerprint density at radius 2 is 0.626 bits per heavy atom. The number of hydrogen-bond donors (Lipinski definition) is 0. The molecule has 1 heterocycles. The number of alkyl halides is 5. The number of hydrogen-bond acceptors (Lipinski definition) is 14. The number of amides is 5. The van der Waals surface area contributed by atoms with Crippen LogP contribution in [0.1, 0.15) is 55.7 Å². The van der Waals surface area contributed by atoms with E-state index in [1.165, 1.54) is 30.8 Å². The van der Waals surface area contributed by atoms with Crippen LogP contribution in [0.4, 0.5) is 50.4 Å². The number of para-hydroxylation sites is 10. The lowest BCUT2D eigenvalue weighted by molar-refractivity contribution is -0.120. The molecule has 13 aromatic rings. The molecule has 0 radical (unpaired) electrons. The van der Waals surface area contributed by atoms with E-state index in [-0.39, 0.29) is 44.9 Å². The summed E-state index contributed by atoms with van der Waals surface area (Å²) in [7, 11) is 6.24. The Labute approximate surface area is 713 Å². The Morgan fingerprint density at radius 1 is 0.293 bits per heavy atom. The fraction of sp³-hybridized carbons (Fsp3) is 0.202. The first-order chi connectivity index (χ1) is 59.8. The molecule has 13 rings (SSSR count). The summed E-state index contributed by atoms with van der Waals surface area (Å²) in [5.41, 5.74) is 6.07. The van der Waals surface area contributed by atoms with Crippen molar-refractivity contribution in [1.29, 1.82) is 0 Å². The molecule has 12 aromatic carbocycles. The number of furan rings is 1. The number of halogens is 5. The molecule has 638 valence electrons. The predicted octanol–water partition coefficient (Wildman–Crippen LogP) is 21.9. The van der Waals surface area contributed by atoms with Crippen LogP contribution in [0.2, 0.25) is 0 Å². The topological polar surface area (TPSA) is 189 Å². The molecule has 0 aliphatic heterocycles. The molecule has 0 bridgehead atoms. The van der Waals surface area contributed by atoms with Crippen molar-refractivity contribution in [1.82, 2.24) is 0 Å². The van der Waals surface area contributed by atoms with Crippen molar-refractivity contribution < 1.29 is 88.2 Å². The van der Waals surface area contributed by atoms with E-state index >= 15 is 0 Å². The van der Waals surface area contributed by atoms with E-state index < -0.39 is 62.9 Å². The van der Waals surface area contributed by atoms with Crippen molar-refractivity contribution in [3.8, 4) is 57.5 Å². The highest BCUT2D eigenvalue weighted by atomic mass is 19.1. The van der Waals surface area contributed by atoms with Crippen LogP contribution < -0.4 is 62.4 Å². The second-order valence-corrected chi connectivity index (χ2v) is 27.5. The van der Waals surface area contributed by atoms with Crippen LogP contribution in [-0.2, 0) is 56.7 Å². The van der Waals surface area contributed by atoms with Crippen LogP contribution in [0.25, 0.3) is 10.8 Å². The van der Waals surface area contributed by atoms with Crippen molar-refractivity contribution in [3.05, 3.63) is 344 Å². The predicted molar refractivity (Wildman–Crippen MR) is 471 cm³/mol. The number of rotatable bonds is 32. The molecule has 0 N–H and O–H groups in total. The zero-order chi connectivity index (χ0) is 87.8. The molecular weight excluding hydrogens is 1580 g/mol. The van der Waals surface area contributed by atoms with Crippen LogP contribution in [0.15, 0.2) is 320 Å². The van der Waals surface area contributed by atoms with Gasteiger partial charge in [0.2, 0.25) is 0 Å². The maximum absolute atomic E-state index is 13.4. The molecule has 0 unspecified atom stereocenters. The van der Waals surface area contributed by atoms with Gasteiger partial charge in [0.25, 0.3) is 29.5 Å². The number of benzene rings is 12. The number of anilines is 5. The largest absolute Gasteiger partial charge is 0.497 e. The average molecular weight is 1680 g/mol. The van der Waals surface area contributed by atoms with Gasteiger partial charge in [0.15, 0.2) is 44.9 Å². The van der Waals surface area contributed by atoms with Gasteiger partial charge in [-0.05, 0) is 173 Å². The van der Waals surface area contributed by atoms with Gasteiger partial charge < -0.3 is 61.9 Å². The highest BCUT2D eigenvalue weighted by Gasteiger charge is 2.27. The molecular formula is C99H98F5N5O14. The third-order valence-electron chi connectivity index (χ3n) is 18.4. The van der Waals surface area contributed by atoms with Gasteiger partial charge in [0, 0.05) is 39.0 Å². The molecule has 19 nitrogen and oxygen atoms in total. The van der Waals surface area contributed by atoms with Gasteiger partial charge >= 0.3 is 0 Å². The molecule has 123 heavy (non-hydrogen) atoms. The van der Waals surface area contributed by atoms with Crippen molar-refractivity contribution >= 4 is 68.7 Å². The summed E-state index contributed by atoms with van der Waals surface area (Å²) in [4.78, 5) is 67.9. The van der Waals surface area contributed by atoms with Crippen molar-refractivity contribution in [2.45, 2.75) is 72.6 Å². The monoisotopic (exact) mass is 1680 g/mol. The Kier molecular flexibility index (Phi) is 36.5. The normalized spacial score (nSPS) is 10.5. The van der Waals surface area contributed by atoms with Gasteiger partial charge in [-0.15, -0.1) is 0 Å². The quantitative estimate of drug-likeness (QED) is 0.0362. The minimum atomic E-state index is -1.10. The number of carbonyl (C=O) groups is 5. The Hall–Kier alpha value is -14.4. The molecule has 0 saturated carbocycles. The van der Waals surface area contributed by atoms with Crippen molar-refractivity contribution in [3.63, 3.8) is 0 Å². The highest BCUT2D eigenvalue weighted by molar-refractivity contribution is 6.04. The minimum Gasteiger partial charge on any atom is -0.497 e. The zero-order valence-corrected chi connectivity index (χ0v) is 69.6. The van der Waals surface area contributed by atoms with E-state index in [1.807, 2.05) is 210 Å². The van der Waals surface area contributed by atoms with Gasteiger partial charge in [0.05, 0.1) is 96.7 Å². The second-order valence-electron chi connectivity index (χ2n) is 27.5. The van der Waals surface area contributed by atoms with Crippen LogP contribution in [0, 0.1) is 0 Å². The van der Waals surface area contributed by atoms with Gasteiger partial charge in [-0.1, -0.05) is 170 Å². The molecule has 0 atom stereocenters. The SMILES string of the molecule is CC(C)Oc1ccccc1CN(C(=O)CF)c1ccccc1.CC(C)Oc1ccccc1CN(C(=O)CF)c1ccccc1Oc1ccccc1.COc1ccc(OC)c(CN(C(=O)CF)c2cccc3ccccc23)c1.COc1ccc(OC)c(CN(C(=O)CF)c2ccccc2)c1.O=C(CF)N(Cc1ccco1)c1ccccc1Oc1ccccc1. The minimum absolute atomic E-state index is 0.0184. The Bertz CT molecular complexity index is 5440. The lowest BCUT2D eigenvalue weighted by Gasteiger charge is -2.25. The van der Waals surface area contributed by atoms with E-state index in [2.05, 4.69) is 0 Å². The first-order valence-corrected chi connectivity index (χ1v) is 39.3. The Morgan fingerprint density at radius 3 is 1.03 bits per heavy atom. The van der Waals surface area contributed by atoms with Crippen molar-refractivity contribution in [2.24, 2.45) is 0 Å². The summed E-state index contributed by atoms with van der Waals surface area (Å²) < 4.78 is 115. The third kappa shape index (κ3) is 27.3. The number of carbonyl (C=O) groups excluding carboxylic acids is 5. The standard InChI is InChI=1S/C24H24FNO3.C21H20FNO3.C19H16FNO3.C18H20FNO2.C17H18FNO3/c1-18(2)28-22-14-8-6-10-19(22)17-26(24(27)16-25)21-13-7-9-15-23(21)29-20-11-4-3-5-12-20;1-25-17-10-11-20(26-2)16(12-17)14-23(21(24)13-22)19-9-5-7-15-6-3-4-8-18(15)19;20-13-19(22)21(14-16-9-6-12-23-16)17-10-4-5-11-18(17)24-15-7-2-1-3-8-15;1-14(2)22-17-11-7-6-8-15(17)13-20(18(21)12-19)16-9-4-3-5-10-16;1-21-15-8-9-16(22-2)13(10-15)12-19(17(20)11-18)14-6-4-3-5-7-14/h3-15,18H,16-17H2,1-2H3;3-12H,13-14H2,1-2H3;1-12H,13-14H2;3-11,14H,12-13H2,1-2H3;3-10H,11-12H2,1-2H3. The smallest absolute Gasteiger partial charge is 0.258 e. The number of methoxy groups -OCH3 is 4. The zero-order valence-electron chi connectivity index (χ0n) is 69.6. The first kappa shape index (κ1) is 92.5. The number of nitrogens with zero attached hydrogens (tertiary/aromatic N) is 5. The second kappa shape index (κ2) is 48.6. The van der Waals surface area contributed by atoms with Crippen LogP contribution >= 0.6 is 0 Å². The molecule has 0 aliphatic rings. The molecule has 0 spiro atoms. The lowest BCUT2D eigenvalue weighted by Crippen LogP contribution is -2.32. The molecule has 5 amide bonds. The van der Waals surface area contributed by atoms with Crippen LogP contribution in [0.3, 0.4) is 0 Å². The van der Waals surface area contributed by atoms with E-state index in [9.17, 15) is 45.9 Å². The summed E-state index contributed by atoms with van der Waals surface area (Å²) in [5, 5.41) is 1.87. The van der Waals surface area contributed by atoms with Crippen LogP contribution in [-0.4, -0.2) is 104 Å². The van der Waals surface area contributed by atoms with Gasteiger partial charge in [0.1, 0.15) is 51.8 Å². The summed E-state index contributed by atoms with van der Waals surface area (Å²) in [6.07, 6.45) is 1.53. The van der Waals surface area contributed by atoms with Crippen molar-refractivity contribution in [2.75, 3.05) is 86.3 Å². The maximum Gasteiger partial charge on any atom is 0.258 e. The summed E-state index contributed by atoms with van der Waals surface area (Å²) in [6, 6.07) is 93.1. The van der Waals surface area contributed by atoms with E-state index in [1.54, 1.807) is 156 Å². The van der Waals surface area contributed by atoms with Gasteiger partial charge in [-0.3, -0.25) is 28.9 Å². The van der Waals surface area contributed by atoms with E-state index in [0.717, 1.165) is 33.0 Å². The number of fused-ring (bicyclic) bond motifs is 1. The fourth-order valence-corrected chi connectivity index (χ4v) is 12.6. The molecule has 1 aromatic heterocycles. The third-order valence-corrected chi connectivity index (χ3v) is 18.4. The maximum atomic E-state index is 13.4. The van der Waals surface area contributed by atoms with E-state index in [4.69, 9.17) is 42.3 Å². The molecule has 0 aliphatic carbocycles. The summed E-state index contributed by atoms with van der Waals surface area (Å²) in [6.45, 7) is 3.35. The summed E-state index contributed by atoms with van der Waals surface area (Å²) in [5.74, 6) is 3.61. The van der Waals surface area contributed by atoms with Gasteiger partial charge in [-0.25, -0.2) is 22.0 Å². The highest BCUT2D eigenvalue weighted by Crippen LogP contribution is 2.38. The summed E-state index contributed by atoms with van der Waals surface area (Å²) >= 11 is 0. The molecule has 0 fully saturated rings. The number of ether oxygens (including phenoxy) is 8. The average Bonchev–Trinajstić information content (AvgIpc) is 1.08. The lowest BCUT2D eigenvalue weighted by atomic mass is 10.1. The Balaban J connectivity index is 0.000000175. The van der Waals surface area contributed by atoms with E-state index in [0.29, 0.717) is 91.7 Å². The molecule has 24 heteroatoms. The van der Waals surface area contributed by atoms with Crippen LogP contribution in [0.5, 0.6) is 57.5 Å². The fourth-order valence-electron chi connectivity index (χ4n) is 12.6.